The van der Waals surface area contributed by atoms with E-state index in [1.54, 1.807) is 4.90 Å². The molecule has 9 heteroatoms. The highest BCUT2D eigenvalue weighted by Gasteiger charge is 2.35. The van der Waals surface area contributed by atoms with Gasteiger partial charge in [-0.25, -0.2) is 4.98 Å². The van der Waals surface area contributed by atoms with Gasteiger partial charge in [0, 0.05) is 43.8 Å². The first kappa shape index (κ1) is 27.3. The van der Waals surface area contributed by atoms with Crippen molar-refractivity contribution in [3.05, 3.63) is 65.9 Å². The Labute approximate surface area is 223 Å². The molecule has 202 valence electrons. The van der Waals surface area contributed by atoms with Crippen molar-refractivity contribution in [1.82, 2.24) is 19.5 Å². The van der Waals surface area contributed by atoms with Crippen LogP contribution in [0.3, 0.4) is 0 Å². The van der Waals surface area contributed by atoms with Gasteiger partial charge in [-0.15, -0.1) is 0 Å². The molecule has 0 saturated carbocycles. The number of carbonyl (C=O) groups is 2. The zero-order valence-corrected chi connectivity index (χ0v) is 22.5. The quantitative estimate of drug-likeness (QED) is 0.294. The van der Waals surface area contributed by atoms with Crippen LogP contribution in [-0.4, -0.2) is 61.5 Å². The van der Waals surface area contributed by atoms with Crippen molar-refractivity contribution in [3.8, 4) is 0 Å². The number of aliphatic hydroxyl groups excluding tert-OH is 1. The molecule has 3 N–H and O–H groups in total. The molecule has 1 aliphatic heterocycles. The lowest BCUT2D eigenvalue weighted by Crippen LogP contribution is -2.55. The van der Waals surface area contributed by atoms with Crippen LogP contribution in [0.2, 0.25) is 0 Å². The van der Waals surface area contributed by atoms with Crippen molar-refractivity contribution in [3.63, 3.8) is 0 Å². The van der Waals surface area contributed by atoms with Crippen molar-refractivity contribution >= 4 is 29.0 Å². The number of anilines is 2. The van der Waals surface area contributed by atoms with E-state index in [2.05, 4.69) is 43.1 Å². The molecule has 1 saturated heterocycles. The van der Waals surface area contributed by atoms with Crippen molar-refractivity contribution < 1.29 is 14.7 Å². The van der Waals surface area contributed by atoms with Gasteiger partial charge in [-0.3, -0.25) is 9.59 Å². The molecule has 2 aromatic heterocycles. The molecule has 2 unspecified atom stereocenters. The second-order valence-electron chi connectivity index (χ2n) is 10.1. The van der Waals surface area contributed by atoms with Gasteiger partial charge in [0.1, 0.15) is 11.6 Å². The average Bonchev–Trinajstić information content (AvgIpc) is 3.31. The number of benzene rings is 1. The summed E-state index contributed by atoms with van der Waals surface area (Å²) in [6.45, 7) is 11.1. The predicted molar refractivity (Wildman–Crippen MR) is 149 cm³/mol. The van der Waals surface area contributed by atoms with Crippen LogP contribution >= 0.6 is 0 Å². The minimum atomic E-state index is -0.356. The topological polar surface area (TPSA) is 112 Å². The third-order valence-electron chi connectivity index (χ3n) is 7.14. The molecule has 1 fully saturated rings. The number of Topliss-reactive ketones (excluding diaryl/α,β-unsaturated/α-hetero) is 1. The lowest BCUT2D eigenvalue weighted by atomic mass is 9.93. The summed E-state index contributed by atoms with van der Waals surface area (Å²) in [6, 6.07) is 9.65. The first-order chi connectivity index (χ1) is 18.3. The Morgan fingerprint density at radius 3 is 2.71 bits per heavy atom. The monoisotopic (exact) mass is 518 g/mol. The van der Waals surface area contributed by atoms with E-state index in [0.717, 1.165) is 40.4 Å². The average molecular weight is 519 g/mol. The molecule has 9 nitrogen and oxygen atoms in total. The number of nitrogens with zero attached hydrogens (tertiary/aromatic N) is 4. The zero-order valence-electron chi connectivity index (χ0n) is 22.5. The third kappa shape index (κ3) is 6.05. The van der Waals surface area contributed by atoms with Gasteiger partial charge >= 0.3 is 0 Å². The first-order valence-corrected chi connectivity index (χ1v) is 13.4. The molecule has 1 aliphatic rings. The SMILES string of the molecule is C=CC(=O)N1CCC1C(=O)Cc1cccc(CNc2cc(NC(CC)CCO)nc3c(C(C)C)cnn23)c1. The number of ketones is 1. The van der Waals surface area contributed by atoms with E-state index in [1.165, 1.54) is 6.08 Å². The maximum atomic E-state index is 12.8. The molecule has 0 spiro atoms. The molecule has 3 heterocycles. The number of hydrogen-bond donors (Lipinski definition) is 3. The van der Waals surface area contributed by atoms with Crippen molar-refractivity contribution in [2.75, 3.05) is 23.8 Å². The lowest BCUT2D eigenvalue weighted by molar-refractivity contribution is -0.142. The Morgan fingerprint density at radius 2 is 2.05 bits per heavy atom. The van der Waals surface area contributed by atoms with Crippen LogP contribution in [0.4, 0.5) is 11.6 Å². The fourth-order valence-corrected chi connectivity index (χ4v) is 4.79. The highest BCUT2D eigenvalue weighted by atomic mass is 16.3. The van der Waals surface area contributed by atoms with Crippen molar-refractivity contribution in [2.24, 2.45) is 0 Å². The van der Waals surface area contributed by atoms with Crippen LogP contribution < -0.4 is 10.6 Å². The smallest absolute Gasteiger partial charge is 0.246 e. The van der Waals surface area contributed by atoms with Crippen molar-refractivity contribution in [2.45, 2.75) is 71.0 Å². The molecule has 0 aliphatic carbocycles. The van der Waals surface area contributed by atoms with Gasteiger partial charge in [-0.1, -0.05) is 51.6 Å². The number of carbonyl (C=O) groups excluding carboxylic acids is 2. The summed E-state index contributed by atoms with van der Waals surface area (Å²) < 4.78 is 1.82. The number of aromatic nitrogens is 3. The molecule has 1 amide bonds. The molecule has 1 aromatic carbocycles. The van der Waals surface area contributed by atoms with E-state index >= 15 is 0 Å². The van der Waals surface area contributed by atoms with Gasteiger partial charge in [0.25, 0.3) is 0 Å². The van der Waals surface area contributed by atoms with Crippen LogP contribution in [0.25, 0.3) is 5.65 Å². The van der Waals surface area contributed by atoms with E-state index in [0.29, 0.717) is 25.9 Å². The summed E-state index contributed by atoms with van der Waals surface area (Å²) >= 11 is 0. The minimum absolute atomic E-state index is 0.0502. The fraction of sp³-hybridized carbons (Fsp3) is 0.448. The number of nitrogens with one attached hydrogen (secondary N) is 2. The van der Waals surface area contributed by atoms with Gasteiger partial charge in [-0.2, -0.15) is 9.61 Å². The Hall–Kier alpha value is -3.72. The molecule has 0 bridgehead atoms. The standard InChI is InChI=1S/C29H38N6O3/c1-5-22(11-13-36)32-26-16-27(35-29(33-26)23(18-31-35)19(3)4)30-17-21-9-7-8-20(14-21)15-25(37)24-10-12-34(24)28(38)6-2/h6-9,14,16,18-19,22,24,30,36H,2,5,10-13,15,17H2,1,3-4H3,(H,32,33). The Balaban J connectivity index is 1.51. The summed E-state index contributed by atoms with van der Waals surface area (Å²) in [5.74, 6) is 1.67. The number of rotatable bonds is 13. The highest BCUT2D eigenvalue weighted by molar-refractivity contribution is 5.95. The fourth-order valence-electron chi connectivity index (χ4n) is 4.79. The zero-order chi connectivity index (χ0) is 27.2. The number of amides is 1. The first-order valence-electron chi connectivity index (χ1n) is 13.4. The van der Waals surface area contributed by atoms with E-state index in [4.69, 9.17) is 4.98 Å². The summed E-state index contributed by atoms with van der Waals surface area (Å²) in [7, 11) is 0. The number of aliphatic hydroxyl groups is 1. The Morgan fingerprint density at radius 1 is 1.26 bits per heavy atom. The summed E-state index contributed by atoms with van der Waals surface area (Å²) in [5.41, 5.74) is 3.81. The summed E-state index contributed by atoms with van der Waals surface area (Å²) in [4.78, 5) is 31.2. The molecular weight excluding hydrogens is 480 g/mol. The minimum Gasteiger partial charge on any atom is -0.396 e. The Kier molecular flexibility index (Phi) is 8.78. The Bertz CT molecular complexity index is 1300. The van der Waals surface area contributed by atoms with Gasteiger partial charge in [0.05, 0.1) is 12.2 Å². The predicted octanol–water partition coefficient (Wildman–Crippen LogP) is 3.94. The maximum Gasteiger partial charge on any atom is 0.246 e. The van der Waals surface area contributed by atoms with Crippen molar-refractivity contribution in [1.29, 1.82) is 0 Å². The summed E-state index contributed by atoms with van der Waals surface area (Å²) in [6.07, 6.45) is 5.63. The lowest BCUT2D eigenvalue weighted by Gasteiger charge is -2.39. The van der Waals surface area contributed by atoms with Gasteiger partial charge in [0.15, 0.2) is 11.4 Å². The molecule has 3 aromatic rings. The van der Waals surface area contributed by atoms with Crippen LogP contribution in [0.15, 0.2) is 49.2 Å². The summed E-state index contributed by atoms with van der Waals surface area (Å²) in [5, 5.41) is 21.0. The molecular formula is C29H38N6O3. The van der Waals surface area contributed by atoms with E-state index in [1.807, 2.05) is 41.0 Å². The highest BCUT2D eigenvalue weighted by Crippen LogP contribution is 2.25. The van der Waals surface area contributed by atoms with Gasteiger partial charge in [-0.05, 0) is 42.4 Å². The largest absolute Gasteiger partial charge is 0.396 e. The molecule has 0 radical (unpaired) electrons. The normalized spacial score (nSPS) is 15.8. The van der Waals surface area contributed by atoms with E-state index in [9.17, 15) is 14.7 Å². The number of likely N-dealkylation sites (tertiary alicyclic amines) is 1. The van der Waals surface area contributed by atoms with E-state index < -0.39 is 0 Å². The maximum absolute atomic E-state index is 12.8. The second-order valence-corrected chi connectivity index (χ2v) is 10.1. The number of fused-ring (bicyclic) bond motifs is 1. The molecule has 4 rings (SSSR count). The van der Waals surface area contributed by atoms with Crippen LogP contribution in [0, 0.1) is 0 Å². The van der Waals surface area contributed by atoms with Crippen LogP contribution in [0.5, 0.6) is 0 Å². The molecule has 2 atom stereocenters. The van der Waals surface area contributed by atoms with Gasteiger partial charge < -0.3 is 20.6 Å². The molecule has 38 heavy (non-hydrogen) atoms. The van der Waals surface area contributed by atoms with Gasteiger partial charge in [0.2, 0.25) is 5.91 Å². The third-order valence-corrected chi connectivity index (χ3v) is 7.14. The number of hydrogen-bond acceptors (Lipinski definition) is 7. The van der Waals surface area contributed by atoms with Crippen LogP contribution in [0.1, 0.15) is 62.6 Å². The second kappa shape index (κ2) is 12.2. The van der Waals surface area contributed by atoms with E-state index in [-0.39, 0.29) is 42.7 Å². The van der Waals surface area contributed by atoms with Crippen LogP contribution in [-0.2, 0) is 22.6 Å².